The van der Waals surface area contributed by atoms with E-state index in [2.05, 4.69) is 9.97 Å². The number of nitriles is 3. The average molecular weight is 707 g/mol. The number of halogens is 14. The summed E-state index contributed by atoms with van der Waals surface area (Å²) in [5.74, 6) is -23.6. The third-order valence-corrected chi connectivity index (χ3v) is 6.70. The van der Waals surface area contributed by atoms with Crippen LogP contribution in [0, 0.1) is 80.5 Å². The third-order valence-electron chi connectivity index (χ3n) is 6.70. The number of rotatable bonds is 2. The van der Waals surface area contributed by atoms with Gasteiger partial charge in [-0.3, -0.25) is 0 Å². The summed E-state index contributed by atoms with van der Waals surface area (Å²) in [5, 5.41) is 27.8. The van der Waals surface area contributed by atoms with E-state index in [9.17, 15) is 59.7 Å². The lowest BCUT2D eigenvalue weighted by molar-refractivity contribution is -0.144. The van der Waals surface area contributed by atoms with Crippen LogP contribution in [-0.4, -0.2) is 9.97 Å². The summed E-state index contributed by atoms with van der Waals surface area (Å²) >= 11 is 0. The van der Waals surface area contributed by atoms with Crippen LogP contribution in [0.15, 0.2) is 8.83 Å². The van der Waals surface area contributed by atoms with Crippen LogP contribution in [0.25, 0.3) is 55.6 Å². The Morgan fingerprint density at radius 1 is 0.510 bits per heavy atom. The van der Waals surface area contributed by atoms with Crippen LogP contribution >= 0.6 is 0 Å². The average Bonchev–Trinajstić information content (AvgIpc) is 3.64. The van der Waals surface area contributed by atoms with Crippen molar-refractivity contribution in [2.45, 2.75) is 19.3 Å². The Balaban J connectivity index is 2.20. The van der Waals surface area contributed by atoms with Crippen molar-refractivity contribution in [2.75, 3.05) is 0 Å². The maximum Gasteiger partial charge on any atom is 0.422 e. The molecule has 0 aliphatic heterocycles. The number of nitrogens with zero attached hydrogens (tertiary/aromatic N) is 5. The maximum absolute atomic E-state index is 15.4. The smallest absolute Gasteiger partial charge is 0.422 e. The molecule has 250 valence electrons. The molecule has 2 aromatic heterocycles. The van der Waals surface area contributed by atoms with Crippen molar-refractivity contribution in [3.05, 3.63) is 68.8 Å². The fraction of sp³-hybridized carbons (Fsp3) is 0.107. The molecular weight excluding hydrogens is 704 g/mol. The molecule has 0 amide bonds. The number of aromatic nitrogens is 2. The summed E-state index contributed by atoms with van der Waals surface area (Å²) < 4.78 is 211. The first-order valence-corrected chi connectivity index (χ1v) is 12.3. The SMILES string of the molecule is C/C(C#N)=c1\nc2c(-c3c(F)c(F)c(C(F)(F)F)c(F)c3F)c3oc(=C(C#N)C#N)nc3c(-c3c(F)c(F)c(C(F)(F)F)c(F)c3F)c2o1. The molecule has 49 heavy (non-hydrogen) atoms. The van der Waals surface area contributed by atoms with E-state index in [-0.39, 0.29) is 0 Å². The van der Waals surface area contributed by atoms with E-state index in [1.807, 2.05) is 0 Å². The Morgan fingerprint density at radius 3 is 1.14 bits per heavy atom. The van der Waals surface area contributed by atoms with Crippen molar-refractivity contribution in [3.8, 4) is 40.5 Å². The lowest BCUT2D eigenvalue weighted by atomic mass is 9.93. The van der Waals surface area contributed by atoms with Crippen LogP contribution in [0.3, 0.4) is 0 Å². The molecule has 0 saturated carbocycles. The molecule has 3 aromatic carbocycles. The molecule has 0 aliphatic rings. The van der Waals surface area contributed by atoms with Gasteiger partial charge in [0.05, 0.1) is 27.8 Å². The normalized spacial score (nSPS) is 12.7. The van der Waals surface area contributed by atoms with Gasteiger partial charge in [0.2, 0.25) is 11.1 Å². The Labute approximate surface area is 258 Å². The number of fused-ring (bicyclic) bond motifs is 2. The van der Waals surface area contributed by atoms with Crippen LogP contribution in [0.1, 0.15) is 18.1 Å². The summed E-state index contributed by atoms with van der Waals surface area (Å²) in [5.41, 5.74) is -23.3. The zero-order valence-corrected chi connectivity index (χ0v) is 22.8. The first-order valence-electron chi connectivity index (χ1n) is 12.3. The zero-order valence-electron chi connectivity index (χ0n) is 22.8. The topological polar surface area (TPSA) is 123 Å². The fourth-order valence-electron chi connectivity index (χ4n) is 4.63. The second-order valence-corrected chi connectivity index (χ2v) is 9.49. The minimum absolute atomic E-state index is 0.626. The highest BCUT2D eigenvalue weighted by Crippen LogP contribution is 2.48. The highest BCUT2D eigenvalue weighted by molar-refractivity contribution is 6.16. The lowest BCUT2D eigenvalue weighted by Gasteiger charge is -2.16. The third kappa shape index (κ3) is 4.95. The first-order chi connectivity index (χ1) is 22.7. The summed E-state index contributed by atoms with van der Waals surface area (Å²) in [6.07, 6.45) is -12.1. The van der Waals surface area contributed by atoms with Gasteiger partial charge in [-0.05, 0) is 6.92 Å². The highest BCUT2D eigenvalue weighted by atomic mass is 19.4. The van der Waals surface area contributed by atoms with E-state index in [4.69, 9.17) is 8.83 Å². The van der Waals surface area contributed by atoms with Crippen LogP contribution < -0.4 is 11.1 Å². The maximum atomic E-state index is 15.4. The van der Waals surface area contributed by atoms with Crippen LogP contribution in [0.4, 0.5) is 61.5 Å². The van der Waals surface area contributed by atoms with Gasteiger partial charge < -0.3 is 8.83 Å². The Morgan fingerprint density at radius 2 is 0.837 bits per heavy atom. The molecule has 21 heteroatoms. The highest BCUT2D eigenvalue weighted by Gasteiger charge is 2.45. The Bertz CT molecular complexity index is 2340. The van der Waals surface area contributed by atoms with E-state index in [0.29, 0.717) is 0 Å². The number of oxazole rings is 2. The van der Waals surface area contributed by atoms with Crippen LogP contribution in [-0.2, 0) is 12.4 Å². The Kier molecular flexibility index (Phi) is 7.83. The van der Waals surface area contributed by atoms with Gasteiger partial charge in [0, 0.05) is 0 Å². The molecule has 0 fully saturated rings. The van der Waals surface area contributed by atoms with Crippen molar-refractivity contribution >= 4 is 33.3 Å². The van der Waals surface area contributed by atoms with Crippen molar-refractivity contribution in [1.82, 2.24) is 9.97 Å². The molecule has 0 unspecified atom stereocenters. The van der Waals surface area contributed by atoms with E-state index >= 15 is 17.6 Å². The zero-order chi connectivity index (χ0) is 36.7. The number of hydrogen-bond acceptors (Lipinski definition) is 7. The Hall–Kier alpha value is -6.17. The molecule has 5 aromatic rings. The number of benzene rings is 3. The summed E-state index contributed by atoms with van der Waals surface area (Å²) in [6.45, 7) is 0.906. The van der Waals surface area contributed by atoms with Gasteiger partial charge in [0.1, 0.15) is 40.4 Å². The number of hydrogen-bond donors (Lipinski definition) is 0. The minimum Gasteiger partial charge on any atom is -0.435 e. The molecule has 0 spiro atoms. The van der Waals surface area contributed by atoms with Crippen molar-refractivity contribution in [1.29, 1.82) is 15.8 Å². The quantitative estimate of drug-likeness (QED) is 0.139. The molecule has 0 N–H and O–H groups in total. The van der Waals surface area contributed by atoms with E-state index in [1.54, 1.807) is 0 Å². The van der Waals surface area contributed by atoms with E-state index in [1.165, 1.54) is 18.2 Å². The predicted molar refractivity (Wildman–Crippen MR) is 131 cm³/mol. The molecular formula is C28H3F14N5O2. The standard InChI is InChI=1S/C28H3F14N5O2/c1-5(2-43)25-46-21-9(7-13(29)17(33)11(27(37,38)39)18(34)14(7)30)24-22(47-26(49-24)6(3-44)4-45)10(23(21)48-25)8-15(31)19(35)12(28(40,41)42)20(36)16(8)32/h1H3/b25-5-. The van der Waals surface area contributed by atoms with Gasteiger partial charge >= 0.3 is 12.4 Å². The molecule has 0 atom stereocenters. The fourth-order valence-corrected chi connectivity index (χ4v) is 4.63. The van der Waals surface area contributed by atoms with Gasteiger partial charge in [0.15, 0.2) is 63.3 Å². The first kappa shape index (κ1) is 34.2. The summed E-state index contributed by atoms with van der Waals surface area (Å²) in [4.78, 5) is 7.09. The number of alkyl halides is 6. The molecule has 0 aliphatic carbocycles. The van der Waals surface area contributed by atoms with Crippen molar-refractivity contribution < 1.29 is 70.3 Å². The lowest BCUT2D eigenvalue weighted by Crippen LogP contribution is -2.16. The largest absolute Gasteiger partial charge is 0.435 e. The summed E-state index contributed by atoms with van der Waals surface area (Å²) in [7, 11) is 0. The van der Waals surface area contributed by atoms with Gasteiger partial charge in [-0.1, -0.05) is 0 Å². The van der Waals surface area contributed by atoms with Crippen molar-refractivity contribution in [3.63, 3.8) is 0 Å². The summed E-state index contributed by atoms with van der Waals surface area (Å²) in [6, 6.07) is 3.78. The van der Waals surface area contributed by atoms with Crippen molar-refractivity contribution in [2.24, 2.45) is 0 Å². The second kappa shape index (κ2) is 11.2. The monoisotopic (exact) mass is 707 g/mol. The van der Waals surface area contributed by atoms with E-state index < -0.39 is 137 Å². The second-order valence-electron chi connectivity index (χ2n) is 9.49. The molecule has 0 saturated heterocycles. The molecule has 0 radical (unpaired) electrons. The molecule has 2 heterocycles. The van der Waals surface area contributed by atoms with E-state index in [0.717, 1.165) is 6.92 Å². The van der Waals surface area contributed by atoms with Gasteiger partial charge in [0.25, 0.3) is 0 Å². The minimum atomic E-state index is -6.06. The molecule has 5 rings (SSSR count). The van der Waals surface area contributed by atoms with Gasteiger partial charge in [-0.15, -0.1) is 0 Å². The van der Waals surface area contributed by atoms with Crippen LogP contribution in [0.2, 0.25) is 0 Å². The molecule has 7 nitrogen and oxygen atoms in total. The predicted octanol–water partition coefficient (Wildman–Crippen LogP) is 7.35. The van der Waals surface area contributed by atoms with Gasteiger partial charge in [-0.2, -0.15) is 42.1 Å². The van der Waals surface area contributed by atoms with Crippen LogP contribution in [0.5, 0.6) is 0 Å². The van der Waals surface area contributed by atoms with Gasteiger partial charge in [-0.25, -0.2) is 45.1 Å². The molecule has 0 bridgehead atoms.